The summed E-state index contributed by atoms with van der Waals surface area (Å²) >= 11 is 4.90. The molecule has 0 aliphatic rings. The molecule has 0 atom stereocenters. The highest BCUT2D eigenvalue weighted by atomic mass is 79.9. The Morgan fingerprint density at radius 2 is 1.82 bits per heavy atom. The standard InChI is InChI=1S/C15H8BrFN4S/c16-11-5-1-4-10(7-11)14-20-21-13(18-19-15(21)22-14)9-3-2-6-12(17)8-9/h1-8H. The molecule has 0 N–H and O–H groups in total. The van der Waals surface area contributed by atoms with E-state index < -0.39 is 0 Å². The van der Waals surface area contributed by atoms with Gasteiger partial charge in [0.25, 0.3) is 0 Å². The van der Waals surface area contributed by atoms with Crippen LogP contribution in [0.25, 0.3) is 26.9 Å². The van der Waals surface area contributed by atoms with Crippen LogP contribution in [0, 0.1) is 5.82 Å². The highest BCUT2D eigenvalue weighted by molar-refractivity contribution is 9.10. The summed E-state index contributed by atoms with van der Waals surface area (Å²) in [5.41, 5.74) is 1.65. The monoisotopic (exact) mass is 374 g/mol. The zero-order chi connectivity index (χ0) is 15.1. The lowest BCUT2D eigenvalue weighted by molar-refractivity contribution is 0.628. The van der Waals surface area contributed by atoms with Crippen LogP contribution in [0.3, 0.4) is 0 Å². The minimum atomic E-state index is -0.309. The quantitative estimate of drug-likeness (QED) is 0.521. The number of aromatic nitrogens is 4. The van der Waals surface area contributed by atoms with Crippen molar-refractivity contribution in [1.82, 2.24) is 19.8 Å². The molecule has 7 heteroatoms. The van der Waals surface area contributed by atoms with E-state index in [0.717, 1.165) is 15.0 Å². The zero-order valence-electron chi connectivity index (χ0n) is 11.1. The predicted molar refractivity (Wildman–Crippen MR) is 87.2 cm³/mol. The molecule has 22 heavy (non-hydrogen) atoms. The summed E-state index contributed by atoms with van der Waals surface area (Å²) in [4.78, 5) is 0.675. The summed E-state index contributed by atoms with van der Waals surface area (Å²) in [6.07, 6.45) is 0. The largest absolute Gasteiger partial charge is 0.235 e. The molecule has 2 aromatic heterocycles. The number of benzene rings is 2. The lowest BCUT2D eigenvalue weighted by Crippen LogP contribution is -1.91. The average Bonchev–Trinajstić information content (AvgIpc) is 3.07. The highest BCUT2D eigenvalue weighted by Crippen LogP contribution is 2.29. The molecule has 0 saturated heterocycles. The van der Waals surface area contributed by atoms with Crippen molar-refractivity contribution in [3.63, 3.8) is 0 Å². The second-order valence-electron chi connectivity index (χ2n) is 4.65. The average molecular weight is 375 g/mol. The minimum Gasteiger partial charge on any atom is -0.207 e. The molecule has 0 saturated carbocycles. The third kappa shape index (κ3) is 2.32. The van der Waals surface area contributed by atoms with Crippen molar-refractivity contribution in [3.8, 4) is 22.0 Å². The Hall–Kier alpha value is -2.12. The van der Waals surface area contributed by atoms with Gasteiger partial charge in [0.15, 0.2) is 5.82 Å². The van der Waals surface area contributed by atoms with Crippen LogP contribution >= 0.6 is 27.3 Å². The molecule has 108 valence electrons. The molecule has 2 aromatic carbocycles. The number of nitrogens with zero attached hydrogens (tertiary/aromatic N) is 4. The molecule has 0 amide bonds. The Morgan fingerprint density at radius 3 is 2.64 bits per heavy atom. The van der Waals surface area contributed by atoms with Gasteiger partial charge in [-0.2, -0.15) is 9.61 Å². The Labute approximate surface area is 137 Å². The van der Waals surface area contributed by atoms with E-state index >= 15 is 0 Å². The molecule has 4 nitrogen and oxygen atoms in total. The van der Waals surface area contributed by atoms with Crippen molar-refractivity contribution in [1.29, 1.82) is 0 Å². The maximum absolute atomic E-state index is 13.4. The fraction of sp³-hybridized carbons (Fsp3) is 0. The summed E-state index contributed by atoms with van der Waals surface area (Å²) in [7, 11) is 0. The van der Waals surface area contributed by atoms with E-state index in [1.807, 2.05) is 24.3 Å². The summed E-state index contributed by atoms with van der Waals surface area (Å²) in [5.74, 6) is 0.226. The molecule has 0 spiro atoms. The molecule has 0 fully saturated rings. The van der Waals surface area contributed by atoms with Gasteiger partial charge in [0, 0.05) is 15.6 Å². The van der Waals surface area contributed by atoms with E-state index in [0.29, 0.717) is 16.3 Å². The van der Waals surface area contributed by atoms with Crippen molar-refractivity contribution in [3.05, 3.63) is 58.8 Å². The van der Waals surface area contributed by atoms with E-state index in [1.54, 1.807) is 16.6 Å². The predicted octanol–water partition coefficient (Wildman–Crippen LogP) is 4.42. The summed E-state index contributed by atoms with van der Waals surface area (Å²) in [6, 6.07) is 14.2. The van der Waals surface area contributed by atoms with Gasteiger partial charge in [0.1, 0.15) is 10.8 Å². The van der Waals surface area contributed by atoms with Crippen LogP contribution < -0.4 is 0 Å². The van der Waals surface area contributed by atoms with E-state index in [1.165, 1.54) is 23.5 Å². The molecule has 2 heterocycles. The lowest BCUT2D eigenvalue weighted by Gasteiger charge is -1.98. The third-order valence-corrected chi connectivity index (χ3v) is 4.59. The van der Waals surface area contributed by atoms with Crippen LogP contribution in [0.2, 0.25) is 0 Å². The fourth-order valence-corrected chi connectivity index (χ4v) is 3.40. The first-order valence-corrected chi connectivity index (χ1v) is 8.06. The normalized spacial score (nSPS) is 11.2. The van der Waals surface area contributed by atoms with Gasteiger partial charge in [-0.3, -0.25) is 0 Å². The summed E-state index contributed by atoms with van der Waals surface area (Å²) in [5, 5.41) is 13.6. The number of halogens is 2. The van der Waals surface area contributed by atoms with E-state index in [4.69, 9.17) is 0 Å². The van der Waals surface area contributed by atoms with Crippen molar-refractivity contribution >= 4 is 32.2 Å². The molecule has 0 radical (unpaired) electrons. The van der Waals surface area contributed by atoms with Gasteiger partial charge < -0.3 is 0 Å². The molecule has 0 unspecified atom stereocenters. The van der Waals surface area contributed by atoms with E-state index in [2.05, 4.69) is 31.2 Å². The second-order valence-corrected chi connectivity index (χ2v) is 6.52. The number of hydrogen-bond acceptors (Lipinski definition) is 4. The maximum Gasteiger partial charge on any atom is 0.235 e. The molecular weight excluding hydrogens is 367 g/mol. The van der Waals surface area contributed by atoms with Gasteiger partial charge >= 0.3 is 0 Å². The first-order chi connectivity index (χ1) is 10.7. The summed E-state index contributed by atoms with van der Waals surface area (Å²) in [6.45, 7) is 0. The van der Waals surface area contributed by atoms with E-state index in [9.17, 15) is 4.39 Å². The smallest absolute Gasteiger partial charge is 0.207 e. The van der Waals surface area contributed by atoms with Gasteiger partial charge in [-0.05, 0) is 24.3 Å². The van der Waals surface area contributed by atoms with Crippen LogP contribution in [-0.4, -0.2) is 19.8 Å². The van der Waals surface area contributed by atoms with Gasteiger partial charge in [0.2, 0.25) is 4.96 Å². The van der Waals surface area contributed by atoms with Gasteiger partial charge in [-0.15, -0.1) is 10.2 Å². The van der Waals surface area contributed by atoms with Crippen LogP contribution in [0.1, 0.15) is 0 Å². The van der Waals surface area contributed by atoms with Gasteiger partial charge in [-0.1, -0.05) is 51.5 Å². The first-order valence-electron chi connectivity index (χ1n) is 6.45. The molecular formula is C15H8BrFN4S. The Morgan fingerprint density at radius 1 is 1.00 bits per heavy atom. The second kappa shape index (κ2) is 5.26. The van der Waals surface area contributed by atoms with Crippen LogP contribution in [0.15, 0.2) is 53.0 Å². The molecule has 4 aromatic rings. The molecule has 0 bridgehead atoms. The topological polar surface area (TPSA) is 43.1 Å². The van der Waals surface area contributed by atoms with Crippen LogP contribution in [0.4, 0.5) is 4.39 Å². The van der Waals surface area contributed by atoms with Gasteiger partial charge in [-0.25, -0.2) is 4.39 Å². The van der Waals surface area contributed by atoms with Crippen molar-refractivity contribution in [2.24, 2.45) is 0 Å². The molecule has 0 aliphatic carbocycles. The number of hydrogen-bond donors (Lipinski definition) is 0. The molecule has 4 rings (SSSR count). The first kappa shape index (κ1) is 13.5. The maximum atomic E-state index is 13.4. The third-order valence-electron chi connectivity index (χ3n) is 3.15. The van der Waals surface area contributed by atoms with Crippen molar-refractivity contribution in [2.75, 3.05) is 0 Å². The molecule has 0 aliphatic heterocycles. The van der Waals surface area contributed by atoms with Crippen molar-refractivity contribution in [2.45, 2.75) is 0 Å². The van der Waals surface area contributed by atoms with E-state index in [-0.39, 0.29) is 5.82 Å². The Kier molecular flexibility index (Phi) is 3.24. The Bertz CT molecular complexity index is 979. The fourth-order valence-electron chi connectivity index (χ4n) is 2.16. The van der Waals surface area contributed by atoms with Crippen LogP contribution in [0.5, 0.6) is 0 Å². The Balaban J connectivity index is 1.86. The zero-order valence-corrected chi connectivity index (χ0v) is 13.5. The highest BCUT2D eigenvalue weighted by Gasteiger charge is 2.14. The minimum absolute atomic E-state index is 0.309. The van der Waals surface area contributed by atoms with Gasteiger partial charge in [0.05, 0.1) is 0 Å². The lowest BCUT2D eigenvalue weighted by atomic mass is 10.2. The number of rotatable bonds is 2. The van der Waals surface area contributed by atoms with Crippen molar-refractivity contribution < 1.29 is 4.39 Å². The SMILES string of the molecule is Fc1cccc(-c2nnc3sc(-c4cccc(Br)c4)nn23)c1. The number of fused-ring (bicyclic) bond motifs is 1. The summed E-state index contributed by atoms with van der Waals surface area (Å²) < 4.78 is 16.0. The van der Waals surface area contributed by atoms with Crippen LogP contribution in [-0.2, 0) is 0 Å².